The van der Waals surface area contributed by atoms with E-state index in [9.17, 15) is 9.18 Å². The number of aromatic nitrogens is 3. The van der Waals surface area contributed by atoms with E-state index in [2.05, 4.69) is 15.3 Å². The van der Waals surface area contributed by atoms with Gasteiger partial charge in [-0.1, -0.05) is 36.4 Å². The molecule has 2 heterocycles. The molecule has 4 aromatic rings. The van der Waals surface area contributed by atoms with Crippen LogP contribution in [0.4, 0.5) is 4.39 Å². The van der Waals surface area contributed by atoms with Crippen molar-refractivity contribution in [3.63, 3.8) is 0 Å². The van der Waals surface area contributed by atoms with Gasteiger partial charge in [0.1, 0.15) is 23.4 Å². The molecule has 1 amide bonds. The molecule has 0 bridgehead atoms. The average molecular weight is 360 g/mol. The van der Waals surface area contributed by atoms with Gasteiger partial charge in [-0.2, -0.15) is 0 Å². The Morgan fingerprint density at radius 3 is 2.56 bits per heavy atom. The Bertz CT molecular complexity index is 1100. The monoisotopic (exact) mass is 360 g/mol. The molecular formula is C21H17FN4O. The highest BCUT2D eigenvalue weighted by molar-refractivity contribution is 6.05. The lowest BCUT2D eigenvalue weighted by Crippen LogP contribution is -2.31. The number of halogens is 1. The van der Waals surface area contributed by atoms with Crippen LogP contribution < -0.4 is 5.32 Å². The molecule has 6 heteroatoms. The predicted octanol–water partition coefficient (Wildman–Crippen LogP) is 3.63. The van der Waals surface area contributed by atoms with E-state index in [1.54, 1.807) is 30.7 Å². The first kappa shape index (κ1) is 16.9. The summed E-state index contributed by atoms with van der Waals surface area (Å²) in [6.45, 7) is 0. The van der Waals surface area contributed by atoms with Crippen LogP contribution >= 0.6 is 0 Å². The minimum absolute atomic E-state index is 0.316. The Hall–Kier alpha value is -3.54. The molecule has 0 fully saturated rings. The third-order valence-corrected chi connectivity index (χ3v) is 4.48. The molecule has 2 aromatic heterocycles. The smallest absolute Gasteiger partial charge is 0.271 e. The highest BCUT2D eigenvalue weighted by Gasteiger charge is 2.23. The summed E-state index contributed by atoms with van der Waals surface area (Å²) in [5.74, 6) is -0.00120. The summed E-state index contributed by atoms with van der Waals surface area (Å²) in [7, 11) is 1.85. The number of carbonyl (C=O) groups is 1. The third-order valence-electron chi connectivity index (χ3n) is 4.48. The summed E-state index contributed by atoms with van der Waals surface area (Å²) in [5, 5.41) is 4.71. The first-order chi connectivity index (χ1) is 13.1. The van der Waals surface area contributed by atoms with Gasteiger partial charge in [0.25, 0.3) is 5.91 Å². The number of hydrogen-bond donors (Lipinski definition) is 1. The summed E-state index contributed by atoms with van der Waals surface area (Å²) in [5.41, 5.74) is 1.08. The van der Waals surface area contributed by atoms with Crippen molar-refractivity contribution in [3.05, 3.63) is 96.1 Å². The summed E-state index contributed by atoms with van der Waals surface area (Å²) < 4.78 is 15.2. The van der Waals surface area contributed by atoms with Gasteiger partial charge in [0.2, 0.25) is 0 Å². The topological polar surface area (TPSA) is 59.8 Å². The van der Waals surface area contributed by atoms with Crippen LogP contribution in [0, 0.1) is 5.82 Å². The summed E-state index contributed by atoms with van der Waals surface area (Å²) in [6, 6.07) is 14.9. The Morgan fingerprint density at radius 1 is 1.04 bits per heavy atom. The summed E-state index contributed by atoms with van der Waals surface area (Å²) in [6.07, 6.45) is 5.08. The van der Waals surface area contributed by atoms with Crippen LogP contribution in [0.2, 0.25) is 0 Å². The molecule has 0 saturated carbocycles. The fraction of sp³-hybridized carbons (Fsp3) is 0.0952. The standard InChI is InChI=1S/C21H17FN4O/c1-26-13-12-24-20(26)18(15-6-8-16(22)9-7-15)25-21(27)19-17-5-3-2-4-14(17)10-11-23-19/h2-13,18H,1H3,(H,25,27). The van der Waals surface area contributed by atoms with Crippen molar-refractivity contribution in [2.24, 2.45) is 7.05 Å². The van der Waals surface area contributed by atoms with E-state index in [1.807, 2.05) is 41.9 Å². The molecule has 2 aromatic carbocycles. The number of imidazole rings is 1. The number of nitrogens with one attached hydrogen (secondary N) is 1. The van der Waals surface area contributed by atoms with Gasteiger partial charge in [-0.25, -0.2) is 9.37 Å². The lowest BCUT2D eigenvalue weighted by Gasteiger charge is -2.19. The number of hydrogen-bond acceptors (Lipinski definition) is 3. The van der Waals surface area contributed by atoms with Crippen LogP contribution in [0.15, 0.2) is 73.2 Å². The number of amides is 1. The van der Waals surface area contributed by atoms with E-state index in [1.165, 1.54) is 12.1 Å². The van der Waals surface area contributed by atoms with Crippen molar-refractivity contribution >= 4 is 16.7 Å². The zero-order chi connectivity index (χ0) is 18.8. The van der Waals surface area contributed by atoms with Gasteiger partial charge in [-0.3, -0.25) is 9.78 Å². The fourth-order valence-corrected chi connectivity index (χ4v) is 3.11. The minimum atomic E-state index is -0.529. The maximum absolute atomic E-state index is 13.4. The van der Waals surface area contributed by atoms with Crippen molar-refractivity contribution < 1.29 is 9.18 Å². The average Bonchev–Trinajstić information content (AvgIpc) is 3.12. The Kier molecular flexibility index (Phi) is 4.38. The molecule has 0 aliphatic heterocycles. The van der Waals surface area contributed by atoms with Crippen molar-refractivity contribution in [3.8, 4) is 0 Å². The molecular weight excluding hydrogens is 343 g/mol. The number of pyridine rings is 1. The van der Waals surface area contributed by atoms with Gasteiger partial charge in [-0.15, -0.1) is 0 Å². The number of benzene rings is 2. The quantitative estimate of drug-likeness (QED) is 0.605. The second kappa shape index (κ2) is 6.99. The van der Waals surface area contributed by atoms with Crippen LogP contribution in [0.3, 0.4) is 0 Å². The second-order valence-electron chi connectivity index (χ2n) is 6.24. The van der Waals surface area contributed by atoms with Gasteiger partial charge in [0, 0.05) is 31.0 Å². The van der Waals surface area contributed by atoms with Gasteiger partial charge in [0.05, 0.1) is 0 Å². The van der Waals surface area contributed by atoms with Crippen molar-refractivity contribution in [2.45, 2.75) is 6.04 Å². The van der Waals surface area contributed by atoms with E-state index >= 15 is 0 Å². The normalized spacial score (nSPS) is 12.1. The lowest BCUT2D eigenvalue weighted by atomic mass is 10.0. The number of nitrogens with zero attached hydrogens (tertiary/aromatic N) is 3. The van der Waals surface area contributed by atoms with Gasteiger partial charge < -0.3 is 9.88 Å². The zero-order valence-corrected chi connectivity index (χ0v) is 14.6. The molecule has 0 aliphatic carbocycles. The molecule has 0 spiro atoms. The molecule has 134 valence electrons. The van der Waals surface area contributed by atoms with Gasteiger partial charge in [0.15, 0.2) is 0 Å². The molecule has 0 radical (unpaired) electrons. The van der Waals surface area contributed by atoms with Crippen LogP contribution in [-0.4, -0.2) is 20.4 Å². The highest BCUT2D eigenvalue weighted by Crippen LogP contribution is 2.23. The molecule has 1 atom stereocenters. The van der Waals surface area contributed by atoms with E-state index in [4.69, 9.17) is 0 Å². The van der Waals surface area contributed by atoms with Crippen molar-refractivity contribution in [1.29, 1.82) is 0 Å². The second-order valence-corrected chi connectivity index (χ2v) is 6.24. The molecule has 1 N–H and O–H groups in total. The minimum Gasteiger partial charge on any atom is -0.337 e. The fourth-order valence-electron chi connectivity index (χ4n) is 3.11. The molecule has 1 unspecified atom stereocenters. The molecule has 4 rings (SSSR count). The summed E-state index contributed by atoms with van der Waals surface area (Å²) in [4.78, 5) is 21.7. The first-order valence-electron chi connectivity index (χ1n) is 8.51. The van der Waals surface area contributed by atoms with Gasteiger partial charge in [-0.05, 0) is 29.1 Å². The van der Waals surface area contributed by atoms with Crippen LogP contribution in [-0.2, 0) is 7.05 Å². The number of fused-ring (bicyclic) bond motifs is 1. The van der Waals surface area contributed by atoms with Crippen LogP contribution in [0.1, 0.15) is 27.9 Å². The third kappa shape index (κ3) is 3.29. The van der Waals surface area contributed by atoms with E-state index in [-0.39, 0.29) is 11.7 Å². The Balaban J connectivity index is 1.74. The largest absolute Gasteiger partial charge is 0.337 e. The Morgan fingerprint density at radius 2 is 1.81 bits per heavy atom. The predicted molar refractivity (Wildman–Crippen MR) is 101 cm³/mol. The maximum Gasteiger partial charge on any atom is 0.271 e. The number of carbonyl (C=O) groups excluding carboxylic acids is 1. The number of rotatable bonds is 4. The maximum atomic E-state index is 13.4. The molecule has 0 aliphatic rings. The van der Waals surface area contributed by atoms with Crippen LogP contribution in [0.5, 0.6) is 0 Å². The highest BCUT2D eigenvalue weighted by atomic mass is 19.1. The van der Waals surface area contributed by atoms with E-state index in [0.717, 1.165) is 16.3 Å². The SMILES string of the molecule is Cn1ccnc1C(NC(=O)c1nccc2ccccc12)c1ccc(F)cc1. The number of aryl methyl sites for hydroxylation is 1. The first-order valence-corrected chi connectivity index (χ1v) is 8.51. The Labute approximate surface area is 155 Å². The van der Waals surface area contributed by atoms with Gasteiger partial charge >= 0.3 is 0 Å². The van der Waals surface area contributed by atoms with Crippen molar-refractivity contribution in [2.75, 3.05) is 0 Å². The van der Waals surface area contributed by atoms with E-state index in [0.29, 0.717) is 11.5 Å². The molecule has 5 nitrogen and oxygen atoms in total. The zero-order valence-electron chi connectivity index (χ0n) is 14.6. The molecule has 27 heavy (non-hydrogen) atoms. The van der Waals surface area contributed by atoms with Crippen LogP contribution in [0.25, 0.3) is 10.8 Å². The van der Waals surface area contributed by atoms with E-state index < -0.39 is 6.04 Å². The summed E-state index contributed by atoms with van der Waals surface area (Å²) >= 11 is 0. The van der Waals surface area contributed by atoms with Crippen molar-refractivity contribution in [1.82, 2.24) is 19.9 Å². The molecule has 0 saturated heterocycles. The lowest BCUT2D eigenvalue weighted by molar-refractivity contribution is 0.0938.